The number of thiophene rings is 1. The first-order valence-corrected chi connectivity index (χ1v) is 7.63. The van der Waals surface area contributed by atoms with Crippen molar-refractivity contribution in [3.05, 3.63) is 51.1 Å². The molecular formula is C14H16BrNOS. The summed E-state index contributed by atoms with van der Waals surface area (Å²) in [6.45, 7) is 2.57. The van der Waals surface area contributed by atoms with Crippen molar-refractivity contribution in [1.29, 1.82) is 0 Å². The lowest BCUT2D eigenvalue weighted by molar-refractivity contribution is 0.314. The molecule has 1 N–H and O–H groups in total. The minimum Gasteiger partial charge on any atom is -0.492 e. The van der Waals surface area contributed by atoms with E-state index >= 15 is 0 Å². The van der Waals surface area contributed by atoms with Crippen LogP contribution in [-0.4, -0.2) is 19.7 Å². The highest BCUT2D eigenvalue weighted by Gasteiger charge is 1.95. The molecular weight excluding hydrogens is 310 g/mol. The summed E-state index contributed by atoms with van der Waals surface area (Å²) in [7, 11) is 0. The molecule has 0 saturated heterocycles. The molecule has 1 aromatic carbocycles. The second kappa shape index (κ2) is 7.56. The van der Waals surface area contributed by atoms with Crippen LogP contribution in [0.1, 0.15) is 4.88 Å². The number of ether oxygens (including phenoxy) is 1. The first-order valence-electron chi connectivity index (χ1n) is 5.96. The van der Waals surface area contributed by atoms with E-state index in [-0.39, 0.29) is 0 Å². The zero-order valence-corrected chi connectivity index (χ0v) is 12.5. The van der Waals surface area contributed by atoms with Crippen molar-refractivity contribution < 1.29 is 4.74 Å². The van der Waals surface area contributed by atoms with Gasteiger partial charge in [0.25, 0.3) is 0 Å². The van der Waals surface area contributed by atoms with Gasteiger partial charge < -0.3 is 10.1 Å². The third-order valence-corrected chi connectivity index (χ3v) is 3.90. The summed E-state index contributed by atoms with van der Waals surface area (Å²) >= 11 is 5.23. The van der Waals surface area contributed by atoms with Crippen molar-refractivity contribution >= 4 is 27.3 Å². The van der Waals surface area contributed by atoms with Crippen LogP contribution in [0.3, 0.4) is 0 Å². The number of benzene rings is 1. The van der Waals surface area contributed by atoms with Gasteiger partial charge in [0.05, 0.1) is 0 Å². The molecule has 0 fully saturated rings. The molecule has 2 aromatic rings. The Morgan fingerprint density at radius 1 is 1.17 bits per heavy atom. The quantitative estimate of drug-likeness (QED) is 0.783. The Labute approximate surface area is 120 Å². The van der Waals surface area contributed by atoms with Gasteiger partial charge in [-0.05, 0) is 36.1 Å². The summed E-state index contributed by atoms with van der Waals surface area (Å²) in [4.78, 5) is 1.43. The first-order chi connectivity index (χ1) is 8.84. The molecule has 2 rings (SSSR count). The van der Waals surface area contributed by atoms with E-state index in [0.29, 0.717) is 6.61 Å². The van der Waals surface area contributed by atoms with Gasteiger partial charge >= 0.3 is 0 Å². The minimum atomic E-state index is 0.695. The van der Waals surface area contributed by atoms with Crippen molar-refractivity contribution in [2.45, 2.75) is 6.42 Å². The number of rotatable bonds is 7. The summed E-state index contributed by atoms with van der Waals surface area (Å²) in [5, 5.41) is 5.50. The summed E-state index contributed by atoms with van der Waals surface area (Å²) < 4.78 is 6.68. The van der Waals surface area contributed by atoms with Crippen LogP contribution in [0.4, 0.5) is 0 Å². The van der Waals surface area contributed by atoms with E-state index in [4.69, 9.17) is 4.74 Å². The van der Waals surface area contributed by atoms with Gasteiger partial charge in [-0.2, -0.15) is 0 Å². The maximum Gasteiger partial charge on any atom is 0.120 e. The largest absolute Gasteiger partial charge is 0.492 e. The molecule has 18 heavy (non-hydrogen) atoms. The van der Waals surface area contributed by atoms with Crippen LogP contribution < -0.4 is 10.1 Å². The summed E-state index contributed by atoms with van der Waals surface area (Å²) in [6, 6.07) is 12.2. The van der Waals surface area contributed by atoms with Gasteiger partial charge in [-0.3, -0.25) is 0 Å². The lowest BCUT2D eigenvalue weighted by atomic mass is 10.3. The highest BCUT2D eigenvalue weighted by molar-refractivity contribution is 9.10. The number of hydrogen-bond acceptors (Lipinski definition) is 3. The Kier molecular flexibility index (Phi) is 5.71. The summed E-state index contributed by atoms with van der Waals surface area (Å²) in [5.74, 6) is 0.907. The molecule has 0 aliphatic carbocycles. The van der Waals surface area contributed by atoms with Crippen molar-refractivity contribution in [3.8, 4) is 5.75 Å². The zero-order valence-electron chi connectivity index (χ0n) is 10.1. The molecule has 0 amide bonds. The smallest absolute Gasteiger partial charge is 0.120 e. The normalized spacial score (nSPS) is 10.5. The highest BCUT2D eigenvalue weighted by Crippen LogP contribution is 2.17. The second-order valence-electron chi connectivity index (χ2n) is 3.89. The molecule has 4 heteroatoms. The van der Waals surface area contributed by atoms with Crippen LogP contribution in [0.25, 0.3) is 0 Å². The standard InChI is InChI=1S/C14H16BrNOS/c15-12-3-1-4-13(11-12)17-9-8-16-7-6-14-5-2-10-18-14/h1-5,10-11,16H,6-9H2. The Hall–Kier alpha value is -0.840. The minimum absolute atomic E-state index is 0.695. The Balaban J connectivity index is 1.56. The van der Waals surface area contributed by atoms with E-state index in [1.807, 2.05) is 35.6 Å². The molecule has 0 atom stereocenters. The fraction of sp³-hybridized carbons (Fsp3) is 0.286. The number of hydrogen-bond donors (Lipinski definition) is 1. The van der Waals surface area contributed by atoms with Gasteiger partial charge in [0.15, 0.2) is 0 Å². The fourth-order valence-corrected chi connectivity index (χ4v) is 2.68. The third-order valence-electron chi connectivity index (χ3n) is 2.47. The Morgan fingerprint density at radius 2 is 2.11 bits per heavy atom. The van der Waals surface area contributed by atoms with Crippen LogP contribution in [0, 0.1) is 0 Å². The van der Waals surface area contributed by atoms with Crippen LogP contribution >= 0.6 is 27.3 Å². The molecule has 0 spiro atoms. The van der Waals surface area contributed by atoms with Gasteiger partial charge in [-0.1, -0.05) is 28.1 Å². The van der Waals surface area contributed by atoms with E-state index in [2.05, 4.69) is 38.8 Å². The molecule has 0 aliphatic rings. The Bertz CT molecular complexity index is 459. The predicted molar refractivity (Wildman–Crippen MR) is 80.5 cm³/mol. The molecule has 1 aromatic heterocycles. The second-order valence-corrected chi connectivity index (χ2v) is 5.83. The zero-order chi connectivity index (χ0) is 12.6. The average molecular weight is 326 g/mol. The predicted octanol–water partition coefficient (Wildman–Crippen LogP) is 3.72. The Morgan fingerprint density at radius 3 is 2.89 bits per heavy atom. The van der Waals surface area contributed by atoms with Crippen molar-refractivity contribution in [1.82, 2.24) is 5.32 Å². The molecule has 0 unspecified atom stereocenters. The maximum atomic E-state index is 5.63. The topological polar surface area (TPSA) is 21.3 Å². The molecule has 0 aliphatic heterocycles. The molecule has 2 nitrogen and oxygen atoms in total. The molecule has 1 heterocycles. The van der Waals surface area contributed by atoms with Crippen molar-refractivity contribution in [3.63, 3.8) is 0 Å². The molecule has 96 valence electrons. The highest BCUT2D eigenvalue weighted by atomic mass is 79.9. The van der Waals surface area contributed by atoms with Gasteiger partial charge in [0.2, 0.25) is 0 Å². The van der Waals surface area contributed by atoms with E-state index in [0.717, 1.165) is 29.7 Å². The van der Waals surface area contributed by atoms with Gasteiger partial charge in [-0.15, -0.1) is 11.3 Å². The van der Waals surface area contributed by atoms with Crippen molar-refractivity contribution in [2.24, 2.45) is 0 Å². The lowest BCUT2D eigenvalue weighted by Gasteiger charge is -2.07. The van der Waals surface area contributed by atoms with Crippen LogP contribution in [0.2, 0.25) is 0 Å². The van der Waals surface area contributed by atoms with Gasteiger partial charge in [0, 0.05) is 22.4 Å². The van der Waals surface area contributed by atoms with Crippen LogP contribution in [0.5, 0.6) is 5.75 Å². The van der Waals surface area contributed by atoms with E-state index < -0.39 is 0 Å². The van der Waals surface area contributed by atoms with Crippen molar-refractivity contribution in [2.75, 3.05) is 19.7 Å². The van der Waals surface area contributed by atoms with Crippen LogP contribution in [-0.2, 0) is 6.42 Å². The fourth-order valence-electron chi connectivity index (χ4n) is 1.59. The molecule has 0 bridgehead atoms. The molecule has 0 saturated carbocycles. The summed E-state index contributed by atoms with van der Waals surface area (Å²) in [6.07, 6.45) is 1.09. The maximum absolute atomic E-state index is 5.63. The SMILES string of the molecule is Brc1cccc(OCCNCCc2cccs2)c1. The van der Waals surface area contributed by atoms with Crippen LogP contribution in [0.15, 0.2) is 46.3 Å². The van der Waals surface area contributed by atoms with E-state index in [1.165, 1.54) is 4.88 Å². The van der Waals surface area contributed by atoms with Gasteiger partial charge in [-0.25, -0.2) is 0 Å². The van der Waals surface area contributed by atoms with E-state index in [1.54, 1.807) is 0 Å². The lowest BCUT2D eigenvalue weighted by Crippen LogP contribution is -2.23. The summed E-state index contributed by atoms with van der Waals surface area (Å²) in [5.41, 5.74) is 0. The molecule has 0 radical (unpaired) electrons. The van der Waals surface area contributed by atoms with Gasteiger partial charge in [0.1, 0.15) is 12.4 Å². The van der Waals surface area contributed by atoms with E-state index in [9.17, 15) is 0 Å². The third kappa shape index (κ3) is 4.80. The average Bonchev–Trinajstić information content (AvgIpc) is 2.87. The number of halogens is 1. The number of nitrogens with one attached hydrogen (secondary N) is 1. The first kappa shape index (κ1) is 13.6. The monoisotopic (exact) mass is 325 g/mol.